The van der Waals surface area contributed by atoms with Crippen LogP contribution in [0.25, 0.3) is 0 Å². The van der Waals surface area contributed by atoms with Gasteiger partial charge in [-0.1, -0.05) is 27.2 Å². The van der Waals surface area contributed by atoms with E-state index in [1.807, 2.05) is 14.0 Å². The molecule has 90 valence electrons. The Kier molecular flexibility index (Phi) is 6.57. The average molecular weight is 214 g/mol. The van der Waals surface area contributed by atoms with Gasteiger partial charge in [0.1, 0.15) is 0 Å². The molecule has 0 aliphatic carbocycles. The van der Waals surface area contributed by atoms with Gasteiger partial charge < -0.3 is 10.6 Å². The summed E-state index contributed by atoms with van der Waals surface area (Å²) >= 11 is 0. The molecular weight excluding hydrogens is 188 g/mol. The van der Waals surface area contributed by atoms with Gasteiger partial charge in [-0.05, 0) is 18.8 Å². The largest absolute Gasteiger partial charge is 0.342 e. The van der Waals surface area contributed by atoms with E-state index in [4.69, 9.17) is 5.73 Å². The molecule has 0 aromatic carbocycles. The summed E-state index contributed by atoms with van der Waals surface area (Å²) in [6.07, 6.45) is 1.71. The van der Waals surface area contributed by atoms with Crippen molar-refractivity contribution in [3.05, 3.63) is 0 Å². The molecule has 2 N–H and O–H groups in total. The van der Waals surface area contributed by atoms with Gasteiger partial charge in [0.05, 0.1) is 0 Å². The summed E-state index contributed by atoms with van der Waals surface area (Å²) in [5, 5.41) is 0. The topological polar surface area (TPSA) is 46.3 Å². The summed E-state index contributed by atoms with van der Waals surface area (Å²) in [6.45, 7) is 9.00. The Morgan fingerprint density at radius 1 is 1.33 bits per heavy atom. The zero-order chi connectivity index (χ0) is 12.0. The van der Waals surface area contributed by atoms with Crippen LogP contribution in [0, 0.1) is 11.8 Å². The molecule has 2 atom stereocenters. The molecule has 0 spiro atoms. The van der Waals surface area contributed by atoms with Crippen molar-refractivity contribution in [3.63, 3.8) is 0 Å². The van der Waals surface area contributed by atoms with Crippen LogP contribution < -0.4 is 5.73 Å². The summed E-state index contributed by atoms with van der Waals surface area (Å²) in [7, 11) is 1.84. The summed E-state index contributed by atoms with van der Waals surface area (Å²) < 4.78 is 0. The van der Waals surface area contributed by atoms with Gasteiger partial charge in [0.15, 0.2) is 0 Å². The van der Waals surface area contributed by atoms with Crippen molar-refractivity contribution >= 4 is 5.91 Å². The predicted molar refractivity (Wildman–Crippen MR) is 64.5 cm³/mol. The monoisotopic (exact) mass is 214 g/mol. The van der Waals surface area contributed by atoms with E-state index in [0.29, 0.717) is 24.8 Å². The van der Waals surface area contributed by atoms with E-state index >= 15 is 0 Å². The van der Waals surface area contributed by atoms with Gasteiger partial charge in [-0.25, -0.2) is 0 Å². The number of amides is 1. The molecule has 0 rings (SSSR count). The predicted octanol–water partition coefficient (Wildman–Crippen LogP) is 1.86. The van der Waals surface area contributed by atoms with E-state index in [9.17, 15) is 4.79 Å². The van der Waals surface area contributed by atoms with E-state index < -0.39 is 0 Å². The number of nitrogens with zero attached hydrogens (tertiary/aromatic N) is 1. The lowest BCUT2D eigenvalue weighted by Gasteiger charge is -2.27. The Labute approximate surface area is 94.0 Å². The Balaban J connectivity index is 4.22. The Morgan fingerprint density at radius 3 is 2.20 bits per heavy atom. The van der Waals surface area contributed by atoms with Crippen molar-refractivity contribution in [1.82, 2.24) is 4.90 Å². The first kappa shape index (κ1) is 14.4. The maximum absolute atomic E-state index is 11.9. The molecule has 2 unspecified atom stereocenters. The number of rotatable bonds is 6. The number of likely N-dealkylation sites (N-methyl/N-ethyl adjacent to an activating group) is 1. The summed E-state index contributed by atoms with van der Waals surface area (Å²) in [6, 6.07) is 0.141. The minimum Gasteiger partial charge on any atom is -0.342 e. The van der Waals surface area contributed by atoms with Crippen molar-refractivity contribution in [3.8, 4) is 0 Å². The third kappa shape index (κ3) is 4.65. The van der Waals surface area contributed by atoms with Gasteiger partial charge in [-0.15, -0.1) is 0 Å². The molecule has 0 saturated heterocycles. The van der Waals surface area contributed by atoms with Crippen molar-refractivity contribution in [1.29, 1.82) is 0 Å². The third-order valence-corrected chi connectivity index (χ3v) is 3.30. The smallest absolute Gasteiger partial charge is 0.222 e. The zero-order valence-corrected chi connectivity index (χ0v) is 10.8. The molecule has 0 radical (unpaired) electrons. The van der Waals surface area contributed by atoms with Gasteiger partial charge >= 0.3 is 0 Å². The summed E-state index contributed by atoms with van der Waals surface area (Å²) in [5.41, 5.74) is 5.54. The molecule has 3 heteroatoms. The molecule has 0 fully saturated rings. The van der Waals surface area contributed by atoms with Gasteiger partial charge in [-0.3, -0.25) is 4.79 Å². The second kappa shape index (κ2) is 6.83. The molecule has 0 aliphatic rings. The van der Waals surface area contributed by atoms with Gasteiger partial charge in [0.2, 0.25) is 5.91 Å². The van der Waals surface area contributed by atoms with Crippen LogP contribution in [0.5, 0.6) is 0 Å². The Bertz CT molecular complexity index is 192. The van der Waals surface area contributed by atoms with Crippen LogP contribution in [0.1, 0.15) is 40.5 Å². The highest BCUT2D eigenvalue weighted by Gasteiger charge is 2.20. The third-order valence-electron chi connectivity index (χ3n) is 3.30. The SMILES string of the molecule is CCC(CC(=O)N(C)C(C)CN)C(C)C. The lowest BCUT2D eigenvalue weighted by molar-refractivity contribution is -0.132. The average Bonchev–Trinajstić information content (AvgIpc) is 2.22. The van der Waals surface area contributed by atoms with E-state index in [1.165, 1.54) is 0 Å². The zero-order valence-electron chi connectivity index (χ0n) is 10.8. The second-order valence-corrected chi connectivity index (χ2v) is 4.71. The number of carbonyl (C=O) groups excluding carboxylic acids is 1. The van der Waals surface area contributed by atoms with Crippen molar-refractivity contribution in [2.45, 2.75) is 46.6 Å². The standard InChI is InChI=1S/C12H26N2O/c1-6-11(9(2)3)7-12(15)14(5)10(4)8-13/h9-11H,6-8,13H2,1-5H3. The second-order valence-electron chi connectivity index (χ2n) is 4.71. The van der Waals surface area contributed by atoms with Gasteiger partial charge in [-0.2, -0.15) is 0 Å². The first-order valence-corrected chi connectivity index (χ1v) is 5.89. The number of hydrogen-bond donors (Lipinski definition) is 1. The fraction of sp³-hybridized carbons (Fsp3) is 0.917. The molecule has 0 saturated carbocycles. The molecule has 0 heterocycles. The Hall–Kier alpha value is -0.570. The van der Waals surface area contributed by atoms with E-state index in [1.54, 1.807) is 4.90 Å². The summed E-state index contributed by atoms with van der Waals surface area (Å²) in [5.74, 6) is 1.28. The first-order chi connectivity index (χ1) is 6.93. The van der Waals surface area contributed by atoms with Crippen LogP contribution in [0.3, 0.4) is 0 Å². The Morgan fingerprint density at radius 2 is 1.87 bits per heavy atom. The molecule has 0 aromatic heterocycles. The van der Waals surface area contributed by atoms with Gasteiger partial charge in [0.25, 0.3) is 0 Å². The molecular formula is C12H26N2O. The molecule has 15 heavy (non-hydrogen) atoms. The fourth-order valence-corrected chi connectivity index (χ4v) is 1.62. The number of nitrogens with two attached hydrogens (primary N) is 1. The quantitative estimate of drug-likeness (QED) is 0.733. The van der Waals surface area contributed by atoms with Crippen molar-refractivity contribution in [2.75, 3.05) is 13.6 Å². The maximum Gasteiger partial charge on any atom is 0.222 e. The van der Waals surface area contributed by atoms with E-state index in [0.717, 1.165) is 6.42 Å². The van der Waals surface area contributed by atoms with Crippen molar-refractivity contribution in [2.24, 2.45) is 17.6 Å². The molecule has 0 aromatic rings. The summed E-state index contributed by atoms with van der Waals surface area (Å²) in [4.78, 5) is 13.7. The van der Waals surface area contributed by atoms with E-state index in [-0.39, 0.29) is 11.9 Å². The lowest BCUT2D eigenvalue weighted by atomic mass is 9.89. The van der Waals surface area contributed by atoms with E-state index in [2.05, 4.69) is 20.8 Å². The number of carbonyl (C=O) groups is 1. The molecule has 1 amide bonds. The van der Waals surface area contributed by atoms with Crippen LogP contribution in [0.2, 0.25) is 0 Å². The highest BCUT2D eigenvalue weighted by atomic mass is 16.2. The van der Waals surface area contributed by atoms with Crippen LogP contribution in [-0.2, 0) is 4.79 Å². The first-order valence-electron chi connectivity index (χ1n) is 5.89. The van der Waals surface area contributed by atoms with Crippen LogP contribution in [0.15, 0.2) is 0 Å². The van der Waals surface area contributed by atoms with Gasteiger partial charge in [0, 0.05) is 26.1 Å². The minimum atomic E-state index is 0.141. The van der Waals surface area contributed by atoms with Crippen LogP contribution >= 0.6 is 0 Å². The maximum atomic E-state index is 11.9. The lowest BCUT2D eigenvalue weighted by Crippen LogP contribution is -2.40. The molecule has 0 bridgehead atoms. The normalized spacial score (nSPS) is 15.1. The van der Waals surface area contributed by atoms with Crippen molar-refractivity contribution < 1.29 is 4.79 Å². The highest BCUT2D eigenvalue weighted by Crippen LogP contribution is 2.20. The highest BCUT2D eigenvalue weighted by molar-refractivity contribution is 5.76. The minimum absolute atomic E-state index is 0.141. The molecule has 3 nitrogen and oxygen atoms in total. The molecule has 0 aliphatic heterocycles. The van der Waals surface area contributed by atoms with Crippen LogP contribution in [0.4, 0.5) is 0 Å². The van der Waals surface area contributed by atoms with Crippen LogP contribution in [-0.4, -0.2) is 30.4 Å². The number of hydrogen-bond acceptors (Lipinski definition) is 2. The fourth-order valence-electron chi connectivity index (χ4n) is 1.62.